The third-order valence-electron chi connectivity index (χ3n) is 3.99. The lowest BCUT2D eigenvalue weighted by Gasteiger charge is -2.13. The molecule has 2 amide bonds. The topological polar surface area (TPSA) is 67.4 Å². The molecule has 5 nitrogen and oxygen atoms in total. The van der Waals surface area contributed by atoms with Gasteiger partial charge in [-0.05, 0) is 49.2 Å². The molecule has 0 fully saturated rings. The largest absolute Gasteiger partial charge is 0.484 e. The van der Waals surface area contributed by atoms with Crippen molar-refractivity contribution >= 4 is 23.4 Å². The molecule has 0 radical (unpaired) electrons. The second-order valence-corrected chi connectivity index (χ2v) is 6.69. The number of aryl methyl sites for hydroxylation is 2. The Hall–Kier alpha value is -2.74. The average Bonchev–Trinajstić information content (AvgIpc) is 2.66. The van der Waals surface area contributed by atoms with Crippen molar-refractivity contribution in [3.8, 4) is 5.75 Å². The predicted molar refractivity (Wildman–Crippen MR) is 103 cm³/mol. The van der Waals surface area contributed by atoms with E-state index in [0.29, 0.717) is 10.8 Å². The lowest BCUT2D eigenvalue weighted by Crippen LogP contribution is -2.37. The SMILES string of the molecule is Cc1cc(OCC(=O)NCCNC(=O)c2ccccc2C(F)(F)F)cc(C)c1Cl. The molecule has 2 aromatic carbocycles. The third-order valence-corrected chi connectivity index (χ3v) is 4.59. The van der Waals surface area contributed by atoms with Gasteiger partial charge < -0.3 is 15.4 Å². The van der Waals surface area contributed by atoms with Gasteiger partial charge in [-0.3, -0.25) is 9.59 Å². The second-order valence-electron chi connectivity index (χ2n) is 6.31. The van der Waals surface area contributed by atoms with E-state index in [1.807, 2.05) is 13.8 Å². The Labute approximate surface area is 171 Å². The molecule has 9 heteroatoms. The average molecular weight is 429 g/mol. The number of hydrogen-bond donors (Lipinski definition) is 2. The van der Waals surface area contributed by atoms with E-state index in [9.17, 15) is 22.8 Å². The maximum Gasteiger partial charge on any atom is 0.417 e. The van der Waals surface area contributed by atoms with Gasteiger partial charge in [0, 0.05) is 18.1 Å². The summed E-state index contributed by atoms with van der Waals surface area (Å²) < 4.78 is 44.2. The van der Waals surface area contributed by atoms with Gasteiger partial charge in [0.2, 0.25) is 0 Å². The summed E-state index contributed by atoms with van der Waals surface area (Å²) in [5, 5.41) is 5.50. The quantitative estimate of drug-likeness (QED) is 0.657. The fourth-order valence-electron chi connectivity index (χ4n) is 2.59. The van der Waals surface area contributed by atoms with Crippen molar-refractivity contribution in [3.63, 3.8) is 0 Å². The fraction of sp³-hybridized carbons (Fsp3) is 0.300. The molecule has 0 aliphatic heterocycles. The van der Waals surface area contributed by atoms with Gasteiger partial charge in [0.25, 0.3) is 11.8 Å². The van der Waals surface area contributed by atoms with Gasteiger partial charge in [-0.25, -0.2) is 0 Å². The Balaban J connectivity index is 1.78. The Bertz CT molecular complexity index is 878. The van der Waals surface area contributed by atoms with Crippen molar-refractivity contribution in [2.45, 2.75) is 20.0 Å². The number of alkyl halides is 3. The first-order valence-electron chi connectivity index (χ1n) is 8.70. The number of benzene rings is 2. The van der Waals surface area contributed by atoms with E-state index in [4.69, 9.17) is 16.3 Å². The van der Waals surface area contributed by atoms with E-state index < -0.39 is 29.1 Å². The molecular weight excluding hydrogens is 409 g/mol. The molecule has 0 aromatic heterocycles. The summed E-state index contributed by atoms with van der Waals surface area (Å²) in [6.07, 6.45) is -4.63. The van der Waals surface area contributed by atoms with Crippen LogP contribution in [-0.4, -0.2) is 31.5 Å². The molecule has 0 aliphatic rings. The van der Waals surface area contributed by atoms with Gasteiger partial charge in [0.05, 0.1) is 11.1 Å². The van der Waals surface area contributed by atoms with Crippen molar-refractivity contribution in [1.82, 2.24) is 10.6 Å². The zero-order valence-corrected chi connectivity index (χ0v) is 16.6. The highest BCUT2D eigenvalue weighted by atomic mass is 35.5. The molecule has 2 N–H and O–H groups in total. The summed E-state index contributed by atoms with van der Waals surface area (Å²) >= 11 is 6.07. The van der Waals surface area contributed by atoms with Crippen molar-refractivity contribution < 1.29 is 27.5 Å². The van der Waals surface area contributed by atoms with Crippen LogP contribution in [-0.2, 0) is 11.0 Å². The predicted octanol–water partition coefficient (Wildman–Crippen LogP) is 3.90. The zero-order chi connectivity index (χ0) is 21.6. The van der Waals surface area contributed by atoms with E-state index >= 15 is 0 Å². The van der Waals surface area contributed by atoms with Crippen LogP contribution in [0, 0.1) is 13.8 Å². The summed E-state index contributed by atoms with van der Waals surface area (Å²) in [5.74, 6) is -0.799. The van der Waals surface area contributed by atoms with E-state index in [1.54, 1.807) is 12.1 Å². The lowest BCUT2D eigenvalue weighted by molar-refractivity contribution is -0.138. The number of ether oxygens (including phenoxy) is 1. The molecule has 0 atom stereocenters. The zero-order valence-electron chi connectivity index (χ0n) is 15.8. The molecular formula is C20H20ClF3N2O3. The summed E-state index contributed by atoms with van der Waals surface area (Å²) in [5.41, 5.74) is 0.166. The number of carbonyl (C=O) groups is 2. The fourth-order valence-corrected chi connectivity index (χ4v) is 2.70. The summed E-state index contributed by atoms with van der Waals surface area (Å²) in [6, 6.07) is 7.92. The highest BCUT2D eigenvalue weighted by molar-refractivity contribution is 6.32. The molecule has 0 saturated carbocycles. The lowest BCUT2D eigenvalue weighted by atomic mass is 10.1. The minimum atomic E-state index is -4.63. The maximum absolute atomic E-state index is 12.9. The summed E-state index contributed by atoms with van der Waals surface area (Å²) in [4.78, 5) is 23.8. The molecule has 0 bridgehead atoms. The molecule has 156 valence electrons. The Morgan fingerprint density at radius 1 is 1.03 bits per heavy atom. The first kappa shape index (κ1) is 22.5. The van der Waals surface area contributed by atoms with E-state index in [-0.39, 0.29) is 19.7 Å². The van der Waals surface area contributed by atoms with Crippen molar-refractivity contribution in [3.05, 3.63) is 63.7 Å². The molecule has 0 unspecified atom stereocenters. The first-order valence-corrected chi connectivity index (χ1v) is 9.08. The van der Waals surface area contributed by atoms with Crippen LogP contribution in [0.1, 0.15) is 27.0 Å². The van der Waals surface area contributed by atoms with Crippen LogP contribution in [0.5, 0.6) is 5.75 Å². The second kappa shape index (κ2) is 9.65. The van der Waals surface area contributed by atoms with Crippen LogP contribution in [0.2, 0.25) is 5.02 Å². The summed E-state index contributed by atoms with van der Waals surface area (Å²) in [6.45, 7) is 3.41. The van der Waals surface area contributed by atoms with Crippen LogP contribution in [0.25, 0.3) is 0 Å². The van der Waals surface area contributed by atoms with Gasteiger partial charge in [-0.2, -0.15) is 13.2 Å². The van der Waals surface area contributed by atoms with Gasteiger partial charge in [-0.1, -0.05) is 23.7 Å². The van der Waals surface area contributed by atoms with E-state index in [1.165, 1.54) is 12.1 Å². The van der Waals surface area contributed by atoms with Crippen LogP contribution >= 0.6 is 11.6 Å². The van der Waals surface area contributed by atoms with Crippen LogP contribution in [0.4, 0.5) is 13.2 Å². The van der Waals surface area contributed by atoms with Gasteiger partial charge >= 0.3 is 6.18 Å². The van der Waals surface area contributed by atoms with Crippen LogP contribution in [0.15, 0.2) is 36.4 Å². The number of rotatable bonds is 7. The number of hydrogen-bond acceptors (Lipinski definition) is 3. The van der Waals surface area contributed by atoms with Gasteiger partial charge in [0.1, 0.15) is 5.75 Å². The monoisotopic (exact) mass is 428 g/mol. The van der Waals surface area contributed by atoms with Crippen LogP contribution in [0.3, 0.4) is 0 Å². The molecule has 2 aromatic rings. The Kier molecular flexibility index (Phi) is 7.50. The number of nitrogens with one attached hydrogen (secondary N) is 2. The molecule has 0 saturated heterocycles. The highest BCUT2D eigenvalue weighted by Crippen LogP contribution is 2.31. The van der Waals surface area contributed by atoms with Crippen LogP contribution < -0.4 is 15.4 Å². The summed E-state index contributed by atoms with van der Waals surface area (Å²) in [7, 11) is 0. The molecule has 0 spiro atoms. The van der Waals surface area contributed by atoms with E-state index in [2.05, 4.69) is 10.6 Å². The maximum atomic E-state index is 12.9. The standard InChI is InChI=1S/C20H20ClF3N2O3/c1-12-9-14(10-13(2)18(12)21)29-11-17(27)25-7-8-26-19(28)15-5-3-4-6-16(15)20(22,23)24/h3-6,9-10H,7-8,11H2,1-2H3,(H,25,27)(H,26,28). The Morgan fingerprint density at radius 2 is 1.62 bits per heavy atom. The normalized spacial score (nSPS) is 11.1. The molecule has 0 aliphatic carbocycles. The van der Waals surface area contributed by atoms with E-state index in [0.717, 1.165) is 23.3 Å². The smallest absolute Gasteiger partial charge is 0.417 e. The van der Waals surface area contributed by atoms with Crippen molar-refractivity contribution in [1.29, 1.82) is 0 Å². The minimum Gasteiger partial charge on any atom is -0.484 e. The number of amides is 2. The first-order chi connectivity index (χ1) is 13.6. The van der Waals surface area contributed by atoms with Gasteiger partial charge in [0.15, 0.2) is 6.61 Å². The third kappa shape index (κ3) is 6.39. The molecule has 2 rings (SSSR count). The highest BCUT2D eigenvalue weighted by Gasteiger charge is 2.34. The minimum absolute atomic E-state index is 0.0318. The van der Waals surface area contributed by atoms with Crippen molar-refractivity contribution in [2.24, 2.45) is 0 Å². The van der Waals surface area contributed by atoms with Crippen molar-refractivity contribution in [2.75, 3.05) is 19.7 Å². The Morgan fingerprint density at radius 3 is 2.24 bits per heavy atom. The number of halogens is 4. The number of carbonyl (C=O) groups excluding carboxylic acids is 2. The molecule has 29 heavy (non-hydrogen) atoms. The molecule has 0 heterocycles. The van der Waals surface area contributed by atoms with Gasteiger partial charge in [-0.15, -0.1) is 0 Å².